The van der Waals surface area contributed by atoms with Crippen molar-refractivity contribution in [2.24, 2.45) is 0 Å². The largest absolute Gasteiger partial charge is 0.507 e. The Kier molecular flexibility index (Phi) is 6.29. The Hall–Kier alpha value is -2.38. The van der Waals surface area contributed by atoms with Crippen LogP contribution in [0.3, 0.4) is 0 Å². The van der Waals surface area contributed by atoms with Gasteiger partial charge in [-0.1, -0.05) is 29.8 Å². The molecule has 0 atom stereocenters. The van der Waals surface area contributed by atoms with E-state index in [1.807, 2.05) is 6.92 Å². The van der Waals surface area contributed by atoms with Crippen molar-refractivity contribution in [3.05, 3.63) is 58.7 Å². The highest BCUT2D eigenvalue weighted by Crippen LogP contribution is 2.27. The van der Waals surface area contributed by atoms with Gasteiger partial charge in [0.1, 0.15) is 10.6 Å². The van der Waals surface area contributed by atoms with E-state index in [0.29, 0.717) is 25.9 Å². The first-order valence-electron chi connectivity index (χ1n) is 9.82. The summed E-state index contributed by atoms with van der Waals surface area (Å²) in [5.41, 5.74) is 4.32. The van der Waals surface area contributed by atoms with Crippen LogP contribution in [0.15, 0.2) is 41.3 Å². The molecule has 1 aliphatic rings. The zero-order valence-electron chi connectivity index (χ0n) is 17.2. The maximum Gasteiger partial charge on any atom is 0.246 e. The summed E-state index contributed by atoms with van der Waals surface area (Å²) in [5.74, 6) is -0.206. The molecule has 1 aliphatic heterocycles. The number of carbonyl (C=O) groups excluding carboxylic acids is 1. The van der Waals surface area contributed by atoms with Crippen LogP contribution >= 0.6 is 0 Å². The Morgan fingerprint density at radius 2 is 1.59 bits per heavy atom. The van der Waals surface area contributed by atoms with Gasteiger partial charge in [0.25, 0.3) is 0 Å². The van der Waals surface area contributed by atoms with Crippen LogP contribution in [-0.4, -0.2) is 54.8 Å². The van der Waals surface area contributed by atoms with Crippen LogP contribution < -0.4 is 0 Å². The van der Waals surface area contributed by atoms with Gasteiger partial charge in [-0.3, -0.25) is 4.79 Å². The maximum atomic E-state index is 12.9. The van der Waals surface area contributed by atoms with Crippen molar-refractivity contribution in [2.75, 3.05) is 26.2 Å². The smallest absolute Gasteiger partial charge is 0.246 e. The van der Waals surface area contributed by atoms with Gasteiger partial charge in [-0.2, -0.15) is 4.31 Å². The molecule has 0 aromatic heterocycles. The highest BCUT2D eigenvalue weighted by Gasteiger charge is 2.31. The van der Waals surface area contributed by atoms with Crippen molar-refractivity contribution >= 4 is 15.9 Å². The van der Waals surface area contributed by atoms with Crippen LogP contribution in [0.5, 0.6) is 5.75 Å². The molecule has 156 valence electrons. The van der Waals surface area contributed by atoms with Gasteiger partial charge in [0, 0.05) is 32.6 Å². The zero-order chi connectivity index (χ0) is 21.2. The van der Waals surface area contributed by atoms with Crippen molar-refractivity contribution in [3.8, 4) is 5.75 Å². The number of hydrogen-bond donors (Lipinski definition) is 1. The van der Waals surface area contributed by atoms with Crippen molar-refractivity contribution in [1.29, 1.82) is 0 Å². The van der Waals surface area contributed by atoms with Gasteiger partial charge in [-0.15, -0.1) is 0 Å². The Morgan fingerprint density at radius 1 is 0.966 bits per heavy atom. The molecule has 0 unspecified atom stereocenters. The first-order chi connectivity index (χ1) is 13.7. The van der Waals surface area contributed by atoms with Crippen LogP contribution in [-0.2, 0) is 21.2 Å². The summed E-state index contributed by atoms with van der Waals surface area (Å²) in [5, 5.41) is 9.99. The monoisotopic (exact) mass is 416 g/mol. The summed E-state index contributed by atoms with van der Waals surface area (Å²) >= 11 is 0. The molecule has 1 saturated heterocycles. The third-order valence-electron chi connectivity index (χ3n) is 5.43. The number of piperazine rings is 1. The van der Waals surface area contributed by atoms with Gasteiger partial charge in [-0.05, 0) is 56.0 Å². The van der Waals surface area contributed by atoms with Crippen molar-refractivity contribution in [2.45, 2.75) is 38.5 Å². The molecule has 0 aliphatic carbocycles. The third kappa shape index (κ3) is 4.79. The minimum atomic E-state index is -3.78. The molecule has 3 rings (SSSR count). The SMILES string of the molecule is Cc1ccc(CCC(=O)N2CCN(S(=O)(=O)c3cc(C)ccc3O)CC2)c(C)c1. The number of phenols is 1. The molecule has 1 heterocycles. The zero-order valence-corrected chi connectivity index (χ0v) is 18.0. The van der Waals surface area contributed by atoms with Gasteiger partial charge in [0.15, 0.2) is 0 Å². The van der Waals surface area contributed by atoms with Gasteiger partial charge in [0.05, 0.1) is 0 Å². The molecule has 6 nitrogen and oxygen atoms in total. The molecule has 2 aromatic rings. The fraction of sp³-hybridized carbons (Fsp3) is 0.409. The minimum absolute atomic E-state index is 0.0421. The summed E-state index contributed by atoms with van der Waals surface area (Å²) in [7, 11) is -3.78. The summed E-state index contributed by atoms with van der Waals surface area (Å²) in [6.07, 6.45) is 1.09. The van der Waals surface area contributed by atoms with E-state index in [1.54, 1.807) is 17.9 Å². The Labute approximate surface area is 172 Å². The van der Waals surface area contributed by atoms with Gasteiger partial charge in [0.2, 0.25) is 15.9 Å². The van der Waals surface area contributed by atoms with Crippen LogP contribution in [0, 0.1) is 20.8 Å². The summed E-state index contributed by atoms with van der Waals surface area (Å²) < 4.78 is 27.1. The van der Waals surface area contributed by atoms with E-state index in [0.717, 1.165) is 5.56 Å². The van der Waals surface area contributed by atoms with Gasteiger partial charge in [-0.25, -0.2) is 8.42 Å². The van der Waals surface area contributed by atoms with E-state index in [9.17, 15) is 18.3 Å². The predicted molar refractivity (Wildman–Crippen MR) is 112 cm³/mol. The number of benzene rings is 2. The number of rotatable bonds is 5. The number of aryl methyl sites for hydroxylation is 4. The second kappa shape index (κ2) is 8.55. The van der Waals surface area contributed by atoms with Crippen LogP contribution in [0.25, 0.3) is 0 Å². The lowest BCUT2D eigenvalue weighted by atomic mass is 10.0. The molecule has 1 fully saturated rings. The number of carbonyl (C=O) groups is 1. The summed E-state index contributed by atoms with van der Waals surface area (Å²) in [6, 6.07) is 10.8. The topological polar surface area (TPSA) is 77.9 Å². The molecule has 1 N–H and O–H groups in total. The highest BCUT2D eigenvalue weighted by molar-refractivity contribution is 7.89. The molecular weight excluding hydrogens is 388 g/mol. The van der Waals surface area contributed by atoms with E-state index in [4.69, 9.17) is 0 Å². The molecule has 0 spiro atoms. The highest BCUT2D eigenvalue weighted by atomic mass is 32.2. The molecule has 2 aromatic carbocycles. The lowest BCUT2D eigenvalue weighted by Crippen LogP contribution is -2.50. The fourth-order valence-corrected chi connectivity index (χ4v) is 5.26. The maximum absolute atomic E-state index is 12.9. The second-order valence-electron chi connectivity index (χ2n) is 7.69. The van der Waals surface area contributed by atoms with Gasteiger partial charge < -0.3 is 10.0 Å². The number of hydrogen-bond acceptors (Lipinski definition) is 4. The lowest BCUT2D eigenvalue weighted by molar-refractivity contribution is -0.132. The first kappa shape index (κ1) is 21.3. The number of nitrogens with zero attached hydrogens (tertiary/aromatic N) is 2. The number of aromatic hydroxyl groups is 1. The molecule has 0 saturated carbocycles. The predicted octanol–water partition coefficient (Wildman–Crippen LogP) is 2.78. The van der Waals surface area contributed by atoms with Crippen LogP contribution in [0.2, 0.25) is 0 Å². The minimum Gasteiger partial charge on any atom is -0.507 e. The Morgan fingerprint density at radius 3 is 2.24 bits per heavy atom. The lowest BCUT2D eigenvalue weighted by Gasteiger charge is -2.34. The second-order valence-corrected chi connectivity index (χ2v) is 9.59. The third-order valence-corrected chi connectivity index (χ3v) is 7.36. The quantitative estimate of drug-likeness (QED) is 0.813. The Balaban J connectivity index is 1.59. The van der Waals surface area contributed by atoms with E-state index in [1.165, 1.54) is 33.1 Å². The van der Waals surface area contributed by atoms with Crippen LogP contribution in [0.1, 0.15) is 28.7 Å². The first-order valence-corrected chi connectivity index (χ1v) is 11.3. The molecule has 29 heavy (non-hydrogen) atoms. The van der Waals surface area contributed by atoms with E-state index < -0.39 is 10.0 Å². The molecule has 0 radical (unpaired) electrons. The van der Waals surface area contributed by atoms with Gasteiger partial charge >= 0.3 is 0 Å². The van der Waals surface area contributed by atoms with E-state index >= 15 is 0 Å². The molecule has 1 amide bonds. The van der Waals surface area contributed by atoms with Crippen molar-refractivity contribution < 1.29 is 18.3 Å². The molecule has 0 bridgehead atoms. The number of phenolic OH excluding ortho intramolecular Hbond substituents is 1. The number of sulfonamides is 1. The normalized spacial score (nSPS) is 15.5. The van der Waals surface area contributed by atoms with Crippen molar-refractivity contribution in [1.82, 2.24) is 9.21 Å². The average molecular weight is 417 g/mol. The van der Waals surface area contributed by atoms with Crippen molar-refractivity contribution in [3.63, 3.8) is 0 Å². The van der Waals surface area contributed by atoms with Crippen LogP contribution in [0.4, 0.5) is 0 Å². The fourth-order valence-electron chi connectivity index (χ4n) is 3.67. The Bertz CT molecular complexity index is 1010. The van der Waals surface area contributed by atoms with E-state index in [-0.39, 0.29) is 29.6 Å². The summed E-state index contributed by atoms with van der Waals surface area (Å²) in [6.45, 7) is 7.05. The van der Waals surface area contributed by atoms with E-state index in [2.05, 4.69) is 25.1 Å². The average Bonchev–Trinajstić information content (AvgIpc) is 2.69. The molecule has 7 heteroatoms. The standard InChI is InChI=1S/C22H28N2O4S/c1-16-4-6-19(18(3)14-16)7-9-22(26)23-10-12-24(13-11-23)29(27,28)21-15-17(2)5-8-20(21)25/h4-6,8,14-15,25H,7,9-13H2,1-3H3. The summed E-state index contributed by atoms with van der Waals surface area (Å²) in [4.78, 5) is 14.2. The number of amides is 1. The molecular formula is C22H28N2O4S.